The average molecular weight is 263 g/mol. The number of carbonyl (C=O) groups is 1. The largest absolute Gasteiger partial charge is 0.330 e. The molecule has 1 heterocycles. The van der Waals surface area contributed by atoms with Crippen molar-refractivity contribution in [2.24, 2.45) is 22.7 Å². The summed E-state index contributed by atoms with van der Waals surface area (Å²) in [5.41, 5.74) is 6.52. The minimum atomic E-state index is -0.448. The first-order valence-electron chi connectivity index (χ1n) is 6.43. The number of hydrogen-bond acceptors (Lipinski definition) is 3. The number of rotatable bonds is 4. The van der Waals surface area contributed by atoms with E-state index in [0.29, 0.717) is 13.0 Å². The van der Waals surface area contributed by atoms with E-state index in [0.717, 1.165) is 5.71 Å². The van der Waals surface area contributed by atoms with Gasteiger partial charge in [-0.15, -0.1) is 0 Å². The van der Waals surface area contributed by atoms with E-state index >= 15 is 0 Å². The number of hydrogen-bond donors (Lipinski definition) is 1. The van der Waals surface area contributed by atoms with Crippen molar-refractivity contribution in [2.75, 3.05) is 11.6 Å². The third kappa shape index (κ3) is 2.51. The van der Waals surface area contributed by atoms with Crippen molar-refractivity contribution in [3.8, 4) is 0 Å². The van der Waals surface area contributed by atoms with Crippen LogP contribution in [0, 0.1) is 17.7 Å². The molecule has 1 atom stereocenters. The van der Waals surface area contributed by atoms with Gasteiger partial charge in [-0.2, -0.15) is 10.1 Å². The Bertz CT molecular complexity index is 513. The standard InChI is InChI=1S/C14H18FN3O/c1-9(2)13-10(7-8-16)14(19)18(17-13)12-6-4-3-5-11(12)15/h3-6,9-10H,7-8,16H2,1-2H3. The van der Waals surface area contributed by atoms with Crippen LogP contribution in [-0.4, -0.2) is 18.2 Å². The molecule has 0 bridgehead atoms. The highest BCUT2D eigenvalue weighted by Gasteiger charge is 2.37. The fraction of sp³-hybridized carbons (Fsp3) is 0.429. The van der Waals surface area contributed by atoms with Crippen LogP contribution >= 0.6 is 0 Å². The van der Waals surface area contributed by atoms with Gasteiger partial charge < -0.3 is 5.73 Å². The number of nitrogens with zero attached hydrogens (tertiary/aromatic N) is 2. The number of amides is 1. The molecule has 0 aliphatic carbocycles. The normalized spacial score (nSPS) is 19.2. The van der Waals surface area contributed by atoms with Crippen molar-refractivity contribution in [2.45, 2.75) is 20.3 Å². The summed E-state index contributed by atoms with van der Waals surface area (Å²) in [5, 5.41) is 5.48. The highest BCUT2D eigenvalue weighted by molar-refractivity contribution is 6.16. The number of anilines is 1. The summed E-state index contributed by atoms with van der Waals surface area (Å²) < 4.78 is 13.8. The predicted octanol–water partition coefficient (Wildman–Crippen LogP) is 2.15. The third-order valence-electron chi connectivity index (χ3n) is 3.21. The monoisotopic (exact) mass is 263 g/mol. The molecule has 0 aromatic heterocycles. The maximum atomic E-state index is 13.8. The molecule has 2 N–H and O–H groups in total. The van der Waals surface area contributed by atoms with Crippen molar-refractivity contribution in [1.82, 2.24) is 0 Å². The Kier molecular flexibility index (Phi) is 3.95. The maximum Gasteiger partial charge on any atom is 0.256 e. The van der Waals surface area contributed by atoms with E-state index in [-0.39, 0.29) is 23.4 Å². The van der Waals surface area contributed by atoms with Crippen molar-refractivity contribution in [3.63, 3.8) is 0 Å². The van der Waals surface area contributed by atoms with Gasteiger partial charge in [0.2, 0.25) is 0 Å². The molecular formula is C14H18FN3O. The van der Waals surface area contributed by atoms with Gasteiger partial charge in [0.05, 0.1) is 11.6 Å². The molecule has 1 unspecified atom stereocenters. The van der Waals surface area contributed by atoms with Gasteiger partial charge in [-0.25, -0.2) is 4.39 Å². The molecule has 1 amide bonds. The summed E-state index contributed by atoms with van der Waals surface area (Å²) in [5.74, 6) is -0.836. The number of para-hydroxylation sites is 1. The summed E-state index contributed by atoms with van der Waals surface area (Å²) in [6.45, 7) is 4.36. The maximum absolute atomic E-state index is 13.8. The summed E-state index contributed by atoms with van der Waals surface area (Å²) in [6, 6.07) is 6.15. The highest BCUT2D eigenvalue weighted by atomic mass is 19.1. The van der Waals surface area contributed by atoms with Gasteiger partial charge in [0, 0.05) is 0 Å². The molecule has 1 aliphatic heterocycles. The fourth-order valence-electron chi connectivity index (χ4n) is 2.26. The zero-order chi connectivity index (χ0) is 14.0. The van der Waals surface area contributed by atoms with E-state index in [1.54, 1.807) is 18.2 Å². The van der Waals surface area contributed by atoms with Crippen LogP contribution in [0.25, 0.3) is 0 Å². The van der Waals surface area contributed by atoms with Crippen molar-refractivity contribution < 1.29 is 9.18 Å². The zero-order valence-electron chi connectivity index (χ0n) is 11.1. The molecule has 0 radical (unpaired) electrons. The van der Waals surface area contributed by atoms with Gasteiger partial charge in [0.25, 0.3) is 5.91 Å². The van der Waals surface area contributed by atoms with Crippen molar-refractivity contribution in [1.29, 1.82) is 0 Å². The topological polar surface area (TPSA) is 58.7 Å². The highest BCUT2D eigenvalue weighted by Crippen LogP contribution is 2.29. The third-order valence-corrected chi connectivity index (χ3v) is 3.21. The molecule has 1 aromatic rings. The SMILES string of the molecule is CC(C)C1=NN(c2ccccc2F)C(=O)C1CCN. The molecule has 5 heteroatoms. The summed E-state index contributed by atoms with van der Waals surface area (Å²) in [7, 11) is 0. The van der Waals surface area contributed by atoms with Gasteiger partial charge >= 0.3 is 0 Å². The molecule has 0 saturated heterocycles. The van der Waals surface area contributed by atoms with Crippen LogP contribution in [0.5, 0.6) is 0 Å². The Labute approximate surface area is 112 Å². The first-order valence-corrected chi connectivity index (χ1v) is 6.43. The summed E-state index contributed by atoms with van der Waals surface area (Å²) >= 11 is 0. The molecule has 2 rings (SSSR count). The number of halogens is 1. The molecule has 0 saturated carbocycles. The Morgan fingerprint density at radius 1 is 1.42 bits per heavy atom. The lowest BCUT2D eigenvalue weighted by Crippen LogP contribution is -2.30. The van der Waals surface area contributed by atoms with E-state index < -0.39 is 5.82 Å². The van der Waals surface area contributed by atoms with Crippen LogP contribution in [-0.2, 0) is 4.79 Å². The number of benzene rings is 1. The Hall–Kier alpha value is -1.75. The second kappa shape index (κ2) is 5.48. The van der Waals surface area contributed by atoms with Crippen LogP contribution in [0.2, 0.25) is 0 Å². The molecule has 0 fully saturated rings. The lowest BCUT2D eigenvalue weighted by molar-refractivity contribution is -0.119. The van der Waals surface area contributed by atoms with E-state index in [9.17, 15) is 9.18 Å². The van der Waals surface area contributed by atoms with Gasteiger partial charge in [0.15, 0.2) is 0 Å². The minimum absolute atomic E-state index is 0.136. The molecule has 4 nitrogen and oxygen atoms in total. The fourth-order valence-corrected chi connectivity index (χ4v) is 2.26. The van der Waals surface area contributed by atoms with E-state index in [1.807, 2.05) is 13.8 Å². The molecule has 102 valence electrons. The number of carbonyl (C=O) groups excluding carboxylic acids is 1. The van der Waals surface area contributed by atoms with Crippen LogP contribution in [0.4, 0.5) is 10.1 Å². The molecule has 19 heavy (non-hydrogen) atoms. The van der Waals surface area contributed by atoms with Crippen LogP contribution < -0.4 is 10.7 Å². The first-order chi connectivity index (χ1) is 9.06. The van der Waals surface area contributed by atoms with Gasteiger partial charge in [-0.3, -0.25) is 4.79 Å². The second-order valence-corrected chi connectivity index (χ2v) is 4.91. The first kappa shape index (κ1) is 13.7. The van der Waals surface area contributed by atoms with Gasteiger partial charge in [-0.05, 0) is 31.0 Å². The smallest absolute Gasteiger partial charge is 0.256 e. The zero-order valence-corrected chi connectivity index (χ0v) is 11.1. The van der Waals surface area contributed by atoms with Crippen molar-refractivity contribution >= 4 is 17.3 Å². The lowest BCUT2D eigenvalue weighted by atomic mass is 9.92. The summed E-state index contributed by atoms with van der Waals surface area (Å²) in [4.78, 5) is 12.4. The molecular weight excluding hydrogens is 245 g/mol. The van der Waals surface area contributed by atoms with E-state index in [2.05, 4.69) is 5.10 Å². The van der Waals surface area contributed by atoms with E-state index in [1.165, 1.54) is 11.1 Å². The van der Waals surface area contributed by atoms with Crippen LogP contribution in [0.1, 0.15) is 20.3 Å². The van der Waals surface area contributed by atoms with Gasteiger partial charge in [0.1, 0.15) is 11.5 Å². The number of nitrogens with two attached hydrogens (primary N) is 1. The number of hydrazone groups is 1. The average Bonchev–Trinajstić information content (AvgIpc) is 2.69. The molecule has 1 aromatic carbocycles. The molecule has 1 aliphatic rings. The van der Waals surface area contributed by atoms with E-state index in [4.69, 9.17) is 5.73 Å². The molecule has 0 spiro atoms. The summed E-state index contributed by atoms with van der Waals surface area (Å²) in [6.07, 6.45) is 0.542. The van der Waals surface area contributed by atoms with Crippen molar-refractivity contribution in [3.05, 3.63) is 30.1 Å². The van der Waals surface area contributed by atoms with Gasteiger partial charge in [-0.1, -0.05) is 26.0 Å². The lowest BCUT2D eigenvalue weighted by Gasteiger charge is -2.14. The predicted molar refractivity (Wildman–Crippen MR) is 73.3 cm³/mol. The Morgan fingerprint density at radius 3 is 2.68 bits per heavy atom. The minimum Gasteiger partial charge on any atom is -0.330 e. The van der Waals surface area contributed by atoms with Crippen LogP contribution in [0.3, 0.4) is 0 Å². The Morgan fingerprint density at radius 2 is 2.11 bits per heavy atom. The Balaban J connectivity index is 2.38. The quantitative estimate of drug-likeness (QED) is 0.904. The second-order valence-electron chi connectivity index (χ2n) is 4.91. The van der Waals surface area contributed by atoms with Crippen LogP contribution in [0.15, 0.2) is 29.4 Å².